The van der Waals surface area contributed by atoms with Crippen molar-refractivity contribution in [2.75, 3.05) is 40.0 Å². The van der Waals surface area contributed by atoms with E-state index in [1.54, 1.807) is 0 Å². The van der Waals surface area contributed by atoms with Crippen molar-refractivity contribution in [3.63, 3.8) is 0 Å². The molecule has 2 aliphatic heterocycles. The number of ether oxygens (including phenoxy) is 3. The van der Waals surface area contributed by atoms with Crippen LogP contribution in [0.4, 0.5) is 0 Å². The van der Waals surface area contributed by atoms with E-state index in [2.05, 4.69) is 39.5 Å². The summed E-state index contributed by atoms with van der Waals surface area (Å²) in [5.74, 6) is 1.79. The summed E-state index contributed by atoms with van der Waals surface area (Å²) in [5, 5.41) is 3.56. The van der Waals surface area contributed by atoms with Crippen LogP contribution in [0.25, 0.3) is 0 Å². The molecule has 1 N–H and O–H groups in total. The Morgan fingerprint density at radius 1 is 1.00 bits per heavy atom. The highest BCUT2D eigenvalue weighted by Gasteiger charge is 2.24. The van der Waals surface area contributed by atoms with Crippen molar-refractivity contribution in [1.82, 2.24) is 10.2 Å². The van der Waals surface area contributed by atoms with Crippen molar-refractivity contribution in [2.45, 2.75) is 76.7 Å². The highest BCUT2D eigenvalue weighted by Crippen LogP contribution is 2.26. The van der Waals surface area contributed by atoms with Crippen molar-refractivity contribution in [3.8, 4) is 0 Å². The maximum atomic E-state index is 6.23. The van der Waals surface area contributed by atoms with Crippen LogP contribution >= 0.6 is 24.0 Å². The van der Waals surface area contributed by atoms with Crippen molar-refractivity contribution in [3.05, 3.63) is 35.4 Å². The van der Waals surface area contributed by atoms with Crippen LogP contribution in [0.2, 0.25) is 0 Å². The molecule has 186 valence electrons. The molecular formula is C26H42IN3O3. The smallest absolute Gasteiger partial charge is 0.193 e. The monoisotopic (exact) mass is 571 g/mol. The standard InChI is InChI=1S/C26H41N3O3.HI/c1-27-26(29-13-9-24(10-14-29)31-19-21-5-2-3-6-21)28-18-22-7-4-8-23(17-22)20-32-25-11-15-30-16-12-25;/h4,7-8,17,21,24-25H,2-3,5-6,9-16,18-20H2,1H3,(H,27,28);1H. The summed E-state index contributed by atoms with van der Waals surface area (Å²) in [7, 11) is 1.88. The first kappa shape index (κ1) is 26.7. The fourth-order valence-corrected chi connectivity index (χ4v) is 5.08. The van der Waals surface area contributed by atoms with E-state index in [1.807, 2.05) is 7.05 Å². The first-order chi connectivity index (χ1) is 15.8. The van der Waals surface area contributed by atoms with Crippen LogP contribution in [0.15, 0.2) is 29.3 Å². The largest absolute Gasteiger partial charge is 0.381 e. The number of halogens is 1. The number of nitrogens with zero attached hydrogens (tertiary/aromatic N) is 2. The number of hydrogen-bond donors (Lipinski definition) is 1. The fourth-order valence-electron chi connectivity index (χ4n) is 5.08. The minimum atomic E-state index is 0. The summed E-state index contributed by atoms with van der Waals surface area (Å²) in [6.45, 7) is 6.06. The molecule has 1 aromatic rings. The number of hydrogen-bond acceptors (Lipinski definition) is 4. The Bertz CT molecular complexity index is 712. The number of aliphatic imine (C=N–C) groups is 1. The van der Waals surface area contributed by atoms with E-state index in [9.17, 15) is 0 Å². The van der Waals surface area contributed by atoms with Gasteiger partial charge in [-0.25, -0.2) is 0 Å². The number of nitrogens with one attached hydrogen (secondary N) is 1. The van der Waals surface area contributed by atoms with Crippen molar-refractivity contribution >= 4 is 29.9 Å². The van der Waals surface area contributed by atoms with Gasteiger partial charge in [0.2, 0.25) is 0 Å². The molecule has 3 fully saturated rings. The lowest BCUT2D eigenvalue weighted by molar-refractivity contribution is -0.0390. The number of likely N-dealkylation sites (tertiary alicyclic amines) is 1. The lowest BCUT2D eigenvalue weighted by atomic mass is 10.1. The predicted molar refractivity (Wildman–Crippen MR) is 143 cm³/mol. The van der Waals surface area contributed by atoms with Crippen molar-refractivity contribution in [2.24, 2.45) is 10.9 Å². The van der Waals surface area contributed by atoms with Crippen LogP contribution in [0.1, 0.15) is 62.5 Å². The molecule has 33 heavy (non-hydrogen) atoms. The molecule has 0 unspecified atom stereocenters. The van der Waals surface area contributed by atoms with Crippen LogP contribution in [0, 0.1) is 5.92 Å². The second kappa shape index (κ2) is 14.5. The van der Waals surface area contributed by atoms with Gasteiger partial charge in [0.1, 0.15) is 0 Å². The molecule has 1 saturated carbocycles. The van der Waals surface area contributed by atoms with Gasteiger partial charge in [0.05, 0.1) is 18.8 Å². The number of guanidine groups is 1. The Kier molecular flexibility index (Phi) is 11.7. The van der Waals surface area contributed by atoms with Crippen molar-refractivity contribution in [1.29, 1.82) is 0 Å². The molecule has 0 amide bonds. The van der Waals surface area contributed by atoms with Gasteiger partial charge in [0.25, 0.3) is 0 Å². The third-order valence-corrected chi connectivity index (χ3v) is 7.09. The summed E-state index contributed by atoms with van der Waals surface area (Å²) in [4.78, 5) is 6.90. The van der Waals surface area contributed by atoms with Gasteiger partial charge in [-0.15, -0.1) is 24.0 Å². The molecule has 4 rings (SSSR count). The molecule has 6 nitrogen and oxygen atoms in total. The summed E-state index contributed by atoms with van der Waals surface area (Å²) in [6, 6.07) is 8.67. The van der Waals surface area contributed by atoms with Crippen LogP contribution in [-0.4, -0.2) is 63.0 Å². The van der Waals surface area contributed by atoms with E-state index in [-0.39, 0.29) is 24.0 Å². The predicted octanol–water partition coefficient (Wildman–Crippen LogP) is 4.75. The molecular weight excluding hydrogens is 529 g/mol. The molecule has 0 bridgehead atoms. The number of rotatable bonds is 8. The SMILES string of the molecule is CN=C(NCc1cccc(COC2CCOCC2)c1)N1CCC(OCC2CCCC2)CC1.I. The Morgan fingerprint density at radius 3 is 2.42 bits per heavy atom. The minimum Gasteiger partial charge on any atom is -0.381 e. The maximum absolute atomic E-state index is 6.23. The van der Waals surface area contributed by atoms with E-state index >= 15 is 0 Å². The minimum absolute atomic E-state index is 0. The third kappa shape index (κ3) is 8.67. The van der Waals surface area contributed by atoms with E-state index < -0.39 is 0 Å². The van der Waals surface area contributed by atoms with Crippen LogP contribution in [-0.2, 0) is 27.4 Å². The fraction of sp³-hybridized carbons (Fsp3) is 0.731. The lowest BCUT2D eigenvalue weighted by Gasteiger charge is -2.34. The molecule has 0 spiro atoms. The molecule has 0 atom stereocenters. The first-order valence-electron chi connectivity index (χ1n) is 12.6. The number of piperidine rings is 1. The van der Waals surface area contributed by atoms with Gasteiger partial charge in [0.15, 0.2) is 5.96 Å². The molecule has 7 heteroatoms. The maximum Gasteiger partial charge on any atom is 0.193 e. The van der Waals surface area contributed by atoms with Gasteiger partial charge in [0, 0.05) is 46.5 Å². The van der Waals surface area contributed by atoms with Gasteiger partial charge >= 0.3 is 0 Å². The molecule has 2 heterocycles. The topological polar surface area (TPSA) is 55.3 Å². The summed E-state index contributed by atoms with van der Waals surface area (Å²) in [5.41, 5.74) is 2.49. The zero-order valence-electron chi connectivity index (χ0n) is 20.2. The van der Waals surface area contributed by atoms with Gasteiger partial charge < -0.3 is 24.4 Å². The van der Waals surface area contributed by atoms with Crippen LogP contribution in [0.5, 0.6) is 0 Å². The number of benzene rings is 1. The van der Waals surface area contributed by atoms with Gasteiger partial charge in [-0.05, 0) is 55.6 Å². The molecule has 0 radical (unpaired) electrons. The lowest BCUT2D eigenvalue weighted by Crippen LogP contribution is -2.46. The van der Waals surface area contributed by atoms with Crippen molar-refractivity contribution < 1.29 is 14.2 Å². The van der Waals surface area contributed by atoms with E-state index in [1.165, 1.54) is 36.8 Å². The normalized spacial score (nSPS) is 21.2. The Morgan fingerprint density at radius 2 is 1.70 bits per heavy atom. The molecule has 0 aromatic heterocycles. The average molecular weight is 572 g/mol. The highest BCUT2D eigenvalue weighted by molar-refractivity contribution is 14.0. The Hall–Kier alpha value is -0.900. The molecule has 1 aromatic carbocycles. The second-order valence-electron chi connectivity index (χ2n) is 9.51. The van der Waals surface area contributed by atoms with E-state index in [4.69, 9.17) is 14.2 Å². The summed E-state index contributed by atoms with van der Waals surface area (Å²) < 4.78 is 17.7. The molecule has 2 saturated heterocycles. The Balaban J connectivity index is 0.00000306. The van der Waals surface area contributed by atoms with E-state index in [0.29, 0.717) is 18.8 Å². The zero-order chi connectivity index (χ0) is 22.0. The van der Waals surface area contributed by atoms with E-state index in [0.717, 1.165) is 77.0 Å². The molecule has 3 aliphatic rings. The zero-order valence-corrected chi connectivity index (χ0v) is 22.5. The van der Waals surface area contributed by atoms with Crippen LogP contribution in [0.3, 0.4) is 0 Å². The van der Waals surface area contributed by atoms with Gasteiger partial charge in [-0.2, -0.15) is 0 Å². The van der Waals surface area contributed by atoms with Gasteiger partial charge in [-0.1, -0.05) is 37.1 Å². The highest BCUT2D eigenvalue weighted by atomic mass is 127. The summed E-state index contributed by atoms with van der Waals surface area (Å²) in [6.07, 6.45) is 10.4. The quantitative estimate of drug-likeness (QED) is 0.278. The Labute approximate surface area is 216 Å². The van der Waals surface area contributed by atoms with Crippen LogP contribution < -0.4 is 5.32 Å². The first-order valence-corrected chi connectivity index (χ1v) is 12.6. The average Bonchev–Trinajstić information content (AvgIpc) is 3.37. The summed E-state index contributed by atoms with van der Waals surface area (Å²) >= 11 is 0. The van der Waals surface area contributed by atoms with Gasteiger partial charge in [-0.3, -0.25) is 4.99 Å². The third-order valence-electron chi connectivity index (χ3n) is 7.09. The molecule has 1 aliphatic carbocycles. The second-order valence-corrected chi connectivity index (χ2v) is 9.51.